The second-order valence-corrected chi connectivity index (χ2v) is 5.47. The molecule has 0 saturated heterocycles. The van der Waals surface area contributed by atoms with Gasteiger partial charge in [-0.05, 0) is 6.07 Å². The van der Waals surface area contributed by atoms with E-state index in [2.05, 4.69) is 14.9 Å². The van der Waals surface area contributed by atoms with Crippen molar-refractivity contribution in [2.45, 2.75) is 5.03 Å². The first-order valence-corrected chi connectivity index (χ1v) is 6.76. The Morgan fingerprint density at radius 2 is 2.05 bits per heavy atom. The number of nitrogens with two attached hydrogens (primary N) is 1. The molecule has 1 aromatic carbocycles. The van der Waals surface area contributed by atoms with E-state index in [1.807, 2.05) is 0 Å². The van der Waals surface area contributed by atoms with E-state index in [-0.39, 0.29) is 23.2 Å². The molecule has 0 spiro atoms. The fourth-order valence-electron chi connectivity index (χ4n) is 1.64. The monoisotopic (exact) mass is 282 g/mol. The van der Waals surface area contributed by atoms with Gasteiger partial charge in [-0.3, -0.25) is 9.82 Å². The van der Waals surface area contributed by atoms with E-state index in [1.165, 1.54) is 24.4 Å². The SMILES string of the molecule is Nc1cc2c(cc1NS(=O)(=O)c1ccn[nH]1)OCO2. The van der Waals surface area contributed by atoms with Gasteiger partial charge in [0.15, 0.2) is 16.5 Å². The zero-order valence-corrected chi connectivity index (χ0v) is 10.4. The molecular weight excluding hydrogens is 272 g/mol. The maximum Gasteiger partial charge on any atom is 0.278 e. The molecule has 19 heavy (non-hydrogen) atoms. The van der Waals surface area contributed by atoms with Gasteiger partial charge in [-0.2, -0.15) is 13.5 Å². The predicted molar refractivity (Wildman–Crippen MR) is 66.4 cm³/mol. The molecule has 2 aromatic rings. The highest BCUT2D eigenvalue weighted by molar-refractivity contribution is 7.92. The van der Waals surface area contributed by atoms with E-state index in [0.717, 1.165) is 0 Å². The number of hydrogen-bond donors (Lipinski definition) is 3. The quantitative estimate of drug-likeness (QED) is 0.706. The second kappa shape index (κ2) is 4.05. The standard InChI is InChI=1S/C10H10N4O4S/c11-6-3-8-9(18-5-17-8)4-7(6)14-19(15,16)10-1-2-12-13-10/h1-4,14H,5,11H2,(H,12,13). The van der Waals surface area contributed by atoms with Gasteiger partial charge in [-0.1, -0.05) is 0 Å². The number of ether oxygens (including phenoxy) is 2. The van der Waals surface area contributed by atoms with E-state index in [1.54, 1.807) is 0 Å². The normalized spacial score (nSPS) is 13.5. The molecule has 0 bridgehead atoms. The van der Waals surface area contributed by atoms with Gasteiger partial charge in [0.2, 0.25) is 6.79 Å². The van der Waals surface area contributed by atoms with Crippen molar-refractivity contribution in [2.24, 2.45) is 0 Å². The summed E-state index contributed by atoms with van der Waals surface area (Å²) < 4.78 is 36.7. The van der Waals surface area contributed by atoms with Crippen LogP contribution >= 0.6 is 0 Å². The van der Waals surface area contributed by atoms with Crippen LogP contribution in [-0.4, -0.2) is 25.4 Å². The minimum Gasteiger partial charge on any atom is -0.454 e. The molecule has 8 nitrogen and oxygen atoms in total. The van der Waals surface area contributed by atoms with Crippen LogP contribution in [0.1, 0.15) is 0 Å². The van der Waals surface area contributed by atoms with Gasteiger partial charge >= 0.3 is 0 Å². The van der Waals surface area contributed by atoms with Crippen molar-refractivity contribution in [1.82, 2.24) is 10.2 Å². The van der Waals surface area contributed by atoms with Gasteiger partial charge in [0, 0.05) is 12.1 Å². The number of nitrogens with zero attached hydrogens (tertiary/aromatic N) is 1. The van der Waals surface area contributed by atoms with Crippen LogP contribution in [0.5, 0.6) is 11.5 Å². The van der Waals surface area contributed by atoms with Crippen molar-refractivity contribution in [2.75, 3.05) is 17.2 Å². The Balaban J connectivity index is 1.96. The van der Waals surface area contributed by atoms with E-state index in [0.29, 0.717) is 11.5 Å². The predicted octanol–water partition coefficient (Wildman–Crippen LogP) is 0.521. The number of rotatable bonds is 3. The van der Waals surface area contributed by atoms with Crippen LogP contribution in [0.2, 0.25) is 0 Å². The number of benzene rings is 1. The first kappa shape index (κ1) is 11.7. The molecule has 0 fully saturated rings. The summed E-state index contributed by atoms with van der Waals surface area (Å²) in [4.78, 5) is 0. The highest BCUT2D eigenvalue weighted by Crippen LogP contribution is 2.38. The van der Waals surface area contributed by atoms with Crippen LogP contribution in [0.4, 0.5) is 11.4 Å². The van der Waals surface area contributed by atoms with Crippen LogP contribution in [0.15, 0.2) is 29.4 Å². The number of H-pyrrole nitrogens is 1. The smallest absolute Gasteiger partial charge is 0.278 e. The first-order chi connectivity index (χ1) is 9.06. The van der Waals surface area contributed by atoms with Gasteiger partial charge in [-0.25, -0.2) is 0 Å². The molecule has 0 saturated carbocycles. The van der Waals surface area contributed by atoms with Crippen molar-refractivity contribution >= 4 is 21.4 Å². The molecule has 0 unspecified atom stereocenters. The van der Waals surface area contributed by atoms with E-state index < -0.39 is 10.0 Å². The Morgan fingerprint density at radius 3 is 2.74 bits per heavy atom. The molecule has 2 heterocycles. The number of anilines is 2. The van der Waals surface area contributed by atoms with Crippen molar-refractivity contribution < 1.29 is 17.9 Å². The van der Waals surface area contributed by atoms with E-state index in [4.69, 9.17) is 15.2 Å². The molecule has 0 radical (unpaired) electrons. The van der Waals surface area contributed by atoms with Gasteiger partial charge in [0.25, 0.3) is 10.0 Å². The fraction of sp³-hybridized carbons (Fsp3) is 0.100. The molecule has 1 aromatic heterocycles. The summed E-state index contributed by atoms with van der Waals surface area (Å²) in [6, 6.07) is 4.32. The molecule has 100 valence electrons. The molecule has 1 aliphatic rings. The first-order valence-electron chi connectivity index (χ1n) is 5.27. The molecule has 4 N–H and O–H groups in total. The van der Waals surface area contributed by atoms with Crippen molar-refractivity contribution in [3.05, 3.63) is 24.4 Å². The summed E-state index contributed by atoms with van der Waals surface area (Å²) in [5.74, 6) is 0.929. The molecule has 1 aliphatic heterocycles. The zero-order chi connectivity index (χ0) is 13.5. The van der Waals surface area contributed by atoms with Crippen molar-refractivity contribution in [3.8, 4) is 11.5 Å². The minimum absolute atomic E-state index is 0.0513. The molecule has 0 amide bonds. The average Bonchev–Trinajstić information content (AvgIpc) is 2.98. The third-order valence-electron chi connectivity index (χ3n) is 2.55. The summed E-state index contributed by atoms with van der Waals surface area (Å²) in [5.41, 5.74) is 6.23. The van der Waals surface area contributed by atoms with E-state index in [9.17, 15) is 8.42 Å². The highest BCUT2D eigenvalue weighted by atomic mass is 32.2. The molecule has 9 heteroatoms. The van der Waals surface area contributed by atoms with Crippen LogP contribution in [0.25, 0.3) is 0 Å². The Hall–Kier alpha value is -2.42. The lowest BCUT2D eigenvalue weighted by Gasteiger charge is -2.09. The Bertz CT molecular complexity index is 711. The summed E-state index contributed by atoms with van der Waals surface area (Å²) >= 11 is 0. The number of nitrogen functional groups attached to an aromatic ring is 1. The third kappa shape index (κ3) is 2.03. The number of sulfonamides is 1. The lowest BCUT2D eigenvalue weighted by Crippen LogP contribution is -2.14. The number of aromatic nitrogens is 2. The largest absolute Gasteiger partial charge is 0.454 e. The maximum absolute atomic E-state index is 12.0. The fourth-order valence-corrected chi connectivity index (χ4v) is 2.63. The molecular formula is C10H10N4O4S. The summed E-state index contributed by atoms with van der Waals surface area (Å²) in [7, 11) is -3.75. The summed E-state index contributed by atoms with van der Waals surface area (Å²) in [5, 5.41) is 5.91. The number of fused-ring (bicyclic) bond motifs is 1. The Kier molecular flexibility index (Phi) is 2.49. The van der Waals surface area contributed by atoms with Crippen molar-refractivity contribution in [1.29, 1.82) is 0 Å². The molecule has 3 rings (SSSR count). The lowest BCUT2D eigenvalue weighted by molar-refractivity contribution is 0.174. The molecule has 0 aliphatic carbocycles. The second-order valence-electron chi connectivity index (χ2n) is 3.82. The number of nitrogens with one attached hydrogen (secondary N) is 2. The number of aromatic amines is 1. The third-order valence-corrected chi connectivity index (χ3v) is 3.85. The van der Waals surface area contributed by atoms with Crippen LogP contribution in [-0.2, 0) is 10.0 Å². The average molecular weight is 282 g/mol. The van der Waals surface area contributed by atoms with Gasteiger partial charge in [0.05, 0.1) is 17.6 Å². The summed E-state index contributed by atoms with van der Waals surface area (Å²) in [6.45, 7) is 0.0888. The number of hydrogen-bond acceptors (Lipinski definition) is 6. The van der Waals surface area contributed by atoms with Crippen molar-refractivity contribution in [3.63, 3.8) is 0 Å². The lowest BCUT2D eigenvalue weighted by atomic mass is 10.2. The minimum atomic E-state index is -3.75. The maximum atomic E-state index is 12.0. The Morgan fingerprint density at radius 1 is 1.32 bits per heavy atom. The zero-order valence-electron chi connectivity index (χ0n) is 9.58. The topological polar surface area (TPSA) is 119 Å². The van der Waals surface area contributed by atoms with Crippen LogP contribution in [0.3, 0.4) is 0 Å². The van der Waals surface area contributed by atoms with Gasteiger partial charge in [0.1, 0.15) is 0 Å². The van der Waals surface area contributed by atoms with E-state index >= 15 is 0 Å². The van der Waals surface area contributed by atoms with Crippen LogP contribution < -0.4 is 19.9 Å². The highest BCUT2D eigenvalue weighted by Gasteiger charge is 2.21. The van der Waals surface area contributed by atoms with Gasteiger partial charge < -0.3 is 15.2 Å². The van der Waals surface area contributed by atoms with Gasteiger partial charge in [-0.15, -0.1) is 0 Å². The molecule has 0 atom stereocenters. The Labute approximate surface area is 108 Å². The summed E-state index contributed by atoms with van der Waals surface area (Å²) in [6.07, 6.45) is 1.34. The van der Waals surface area contributed by atoms with Crippen LogP contribution in [0, 0.1) is 0 Å².